The van der Waals surface area contributed by atoms with E-state index in [9.17, 15) is 9.59 Å². The number of ether oxygens (including phenoxy) is 1. The molecule has 5 nitrogen and oxygen atoms in total. The fourth-order valence-corrected chi connectivity index (χ4v) is 4.33. The van der Waals surface area contributed by atoms with E-state index in [-0.39, 0.29) is 25.0 Å². The van der Waals surface area contributed by atoms with Crippen LogP contribution in [0.5, 0.6) is 0 Å². The largest absolute Gasteiger partial charge is 0.481 e. The second-order valence-corrected chi connectivity index (χ2v) is 7.24. The summed E-state index contributed by atoms with van der Waals surface area (Å²) in [7, 11) is 0. The number of rotatable bonds is 4. The van der Waals surface area contributed by atoms with Crippen LogP contribution in [-0.2, 0) is 9.53 Å². The fraction of sp³-hybridized carbons (Fsp3) is 0.364. The van der Waals surface area contributed by atoms with Crippen molar-refractivity contribution in [2.75, 3.05) is 13.2 Å². The van der Waals surface area contributed by atoms with Gasteiger partial charge in [-0.25, -0.2) is 4.79 Å². The molecule has 5 heteroatoms. The Bertz CT molecular complexity index is 817. The van der Waals surface area contributed by atoms with Crippen molar-refractivity contribution in [3.8, 4) is 11.1 Å². The van der Waals surface area contributed by atoms with Gasteiger partial charge in [0.2, 0.25) is 0 Å². The predicted molar refractivity (Wildman–Crippen MR) is 102 cm³/mol. The van der Waals surface area contributed by atoms with Crippen molar-refractivity contribution in [3.05, 3.63) is 59.7 Å². The lowest BCUT2D eigenvalue weighted by molar-refractivity contribution is -0.138. The van der Waals surface area contributed by atoms with Gasteiger partial charge in [-0.1, -0.05) is 48.5 Å². The number of likely N-dealkylation sites (tertiary alicyclic amines) is 1. The number of benzene rings is 2. The highest BCUT2D eigenvalue weighted by Gasteiger charge is 2.32. The van der Waals surface area contributed by atoms with Gasteiger partial charge < -0.3 is 14.7 Å². The molecule has 0 spiro atoms. The predicted octanol–water partition coefficient (Wildman–Crippen LogP) is 4.26. The van der Waals surface area contributed by atoms with Crippen molar-refractivity contribution in [2.45, 2.75) is 37.6 Å². The van der Waals surface area contributed by atoms with E-state index < -0.39 is 12.1 Å². The van der Waals surface area contributed by atoms with E-state index in [1.807, 2.05) is 24.3 Å². The van der Waals surface area contributed by atoms with Crippen molar-refractivity contribution in [1.29, 1.82) is 0 Å². The molecule has 0 saturated carbocycles. The topological polar surface area (TPSA) is 66.8 Å². The second kappa shape index (κ2) is 7.43. The molecule has 1 aliphatic carbocycles. The Labute approximate surface area is 158 Å². The molecule has 1 N–H and O–H groups in total. The SMILES string of the molecule is O=C(O)CC1CCCCN1C(=O)OCC1c2ccccc2-c2ccccc21. The van der Waals surface area contributed by atoms with Gasteiger partial charge in [0, 0.05) is 18.5 Å². The summed E-state index contributed by atoms with van der Waals surface area (Å²) in [5.41, 5.74) is 4.73. The maximum absolute atomic E-state index is 12.7. The van der Waals surface area contributed by atoms with Gasteiger partial charge in [0.05, 0.1) is 6.42 Å². The molecule has 140 valence electrons. The molecule has 1 heterocycles. The number of amides is 1. The first-order valence-corrected chi connectivity index (χ1v) is 9.48. The summed E-state index contributed by atoms with van der Waals surface area (Å²) in [6.07, 6.45) is 2.13. The van der Waals surface area contributed by atoms with Gasteiger partial charge in [0.25, 0.3) is 0 Å². The number of fused-ring (bicyclic) bond motifs is 3. The quantitative estimate of drug-likeness (QED) is 0.879. The summed E-state index contributed by atoms with van der Waals surface area (Å²) in [6, 6.07) is 16.2. The van der Waals surface area contributed by atoms with Crippen molar-refractivity contribution in [2.24, 2.45) is 0 Å². The van der Waals surface area contributed by atoms with Gasteiger partial charge in [-0.3, -0.25) is 4.79 Å². The summed E-state index contributed by atoms with van der Waals surface area (Å²) >= 11 is 0. The third-order valence-electron chi connectivity index (χ3n) is 5.61. The molecule has 27 heavy (non-hydrogen) atoms. The highest BCUT2D eigenvalue weighted by atomic mass is 16.6. The standard InChI is InChI=1S/C22H23NO4/c24-21(25)13-15-7-5-6-12-23(15)22(26)27-14-20-18-10-3-1-8-16(18)17-9-2-4-11-19(17)20/h1-4,8-11,15,20H,5-7,12-14H2,(H,24,25). The zero-order valence-electron chi connectivity index (χ0n) is 15.1. The number of carbonyl (C=O) groups excluding carboxylic acids is 1. The molecule has 0 radical (unpaired) electrons. The van der Waals surface area contributed by atoms with Gasteiger partial charge in [-0.15, -0.1) is 0 Å². The van der Waals surface area contributed by atoms with Gasteiger partial charge in [-0.05, 0) is 41.5 Å². The number of carboxylic acids is 1. The molecule has 2 aliphatic rings. The van der Waals surface area contributed by atoms with E-state index in [0.29, 0.717) is 6.54 Å². The Kier molecular flexibility index (Phi) is 4.84. The molecule has 1 amide bonds. The smallest absolute Gasteiger partial charge is 0.410 e. The van der Waals surface area contributed by atoms with Crippen molar-refractivity contribution >= 4 is 12.1 Å². The number of piperidine rings is 1. The Balaban J connectivity index is 1.50. The van der Waals surface area contributed by atoms with Crippen LogP contribution in [0, 0.1) is 0 Å². The molecule has 1 atom stereocenters. The van der Waals surface area contributed by atoms with Crippen LogP contribution in [0.15, 0.2) is 48.5 Å². The van der Waals surface area contributed by atoms with E-state index in [1.54, 1.807) is 4.90 Å². The zero-order chi connectivity index (χ0) is 18.8. The highest BCUT2D eigenvalue weighted by molar-refractivity contribution is 5.79. The number of hydrogen-bond donors (Lipinski definition) is 1. The summed E-state index contributed by atoms with van der Waals surface area (Å²) in [5, 5.41) is 9.11. The van der Waals surface area contributed by atoms with E-state index >= 15 is 0 Å². The van der Waals surface area contributed by atoms with Gasteiger partial charge in [-0.2, -0.15) is 0 Å². The highest BCUT2D eigenvalue weighted by Crippen LogP contribution is 2.44. The minimum Gasteiger partial charge on any atom is -0.481 e. The van der Waals surface area contributed by atoms with Crippen LogP contribution in [-0.4, -0.2) is 41.3 Å². The number of aliphatic carboxylic acids is 1. The van der Waals surface area contributed by atoms with Crippen LogP contribution >= 0.6 is 0 Å². The fourth-order valence-electron chi connectivity index (χ4n) is 4.33. The average molecular weight is 365 g/mol. The molecule has 4 rings (SSSR count). The summed E-state index contributed by atoms with van der Waals surface area (Å²) in [4.78, 5) is 25.4. The molecule has 2 aromatic carbocycles. The molecule has 0 aromatic heterocycles. The average Bonchev–Trinajstić information content (AvgIpc) is 3.00. The van der Waals surface area contributed by atoms with Crippen LogP contribution in [0.4, 0.5) is 4.79 Å². The summed E-state index contributed by atoms with van der Waals surface area (Å²) in [6.45, 7) is 0.831. The minimum atomic E-state index is -0.877. The van der Waals surface area contributed by atoms with Crippen molar-refractivity contribution < 1.29 is 19.4 Å². The Morgan fingerprint density at radius 3 is 2.26 bits per heavy atom. The second-order valence-electron chi connectivity index (χ2n) is 7.24. The monoisotopic (exact) mass is 365 g/mol. The van der Waals surface area contributed by atoms with Gasteiger partial charge in [0.15, 0.2) is 0 Å². The van der Waals surface area contributed by atoms with Crippen LogP contribution in [0.3, 0.4) is 0 Å². The van der Waals surface area contributed by atoms with Gasteiger partial charge >= 0.3 is 12.1 Å². The van der Waals surface area contributed by atoms with E-state index in [1.165, 1.54) is 22.3 Å². The van der Waals surface area contributed by atoms with Crippen LogP contribution < -0.4 is 0 Å². The molecule has 1 fully saturated rings. The first kappa shape index (κ1) is 17.6. The van der Waals surface area contributed by atoms with Crippen molar-refractivity contribution in [1.82, 2.24) is 4.90 Å². The summed E-state index contributed by atoms with van der Waals surface area (Å²) in [5.74, 6) is -0.859. The van der Waals surface area contributed by atoms with Crippen LogP contribution in [0.1, 0.15) is 42.7 Å². The molecule has 0 bridgehead atoms. The lowest BCUT2D eigenvalue weighted by Crippen LogP contribution is -2.45. The Hall–Kier alpha value is -2.82. The van der Waals surface area contributed by atoms with Crippen LogP contribution in [0.25, 0.3) is 11.1 Å². The maximum atomic E-state index is 12.7. The lowest BCUT2D eigenvalue weighted by Gasteiger charge is -2.34. The molecular weight excluding hydrogens is 342 g/mol. The number of hydrogen-bond acceptors (Lipinski definition) is 3. The third-order valence-corrected chi connectivity index (χ3v) is 5.61. The number of nitrogens with zero attached hydrogens (tertiary/aromatic N) is 1. The lowest BCUT2D eigenvalue weighted by atomic mass is 9.98. The van der Waals surface area contributed by atoms with Crippen LogP contribution in [0.2, 0.25) is 0 Å². The number of carboxylic acid groups (broad SMARTS) is 1. The van der Waals surface area contributed by atoms with E-state index in [2.05, 4.69) is 24.3 Å². The zero-order valence-corrected chi connectivity index (χ0v) is 15.1. The first-order chi connectivity index (χ1) is 13.1. The molecule has 1 saturated heterocycles. The minimum absolute atomic E-state index is 0.0177. The maximum Gasteiger partial charge on any atom is 0.410 e. The number of carbonyl (C=O) groups is 2. The molecule has 1 aliphatic heterocycles. The first-order valence-electron chi connectivity index (χ1n) is 9.48. The van der Waals surface area contributed by atoms with E-state index in [0.717, 1.165) is 19.3 Å². The summed E-state index contributed by atoms with van der Waals surface area (Å²) < 4.78 is 5.69. The Morgan fingerprint density at radius 1 is 1.00 bits per heavy atom. The molecular formula is C22H23NO4. The molecule has 2 aromatic rings. The van der Waals surface area contributed by atoms with Gasteiger partial charge in [0.1, 0.15) is 6.61 Å². The molecule has 1 unspecified atom stereocenters. The van der Waals surface area contributed by atoms with E-state index in [4.69, 9.17) is 9.84 Å². The third kappa shape index (κ3) is 3.42. The Morgan fingerprint density at radius 2 is 1.63 bits per heavy atom. The normalized spacial score (nSPS) is 18.7. The van der Waals surface area contributed by atoms with Crippen molar-refractivity contribution in [3.63, 3.8) is 0 Å².